The molecule has 1 saturated carbocycles. The highest BCUT2D eigenvalue weighted by atomic mass is 16.3. The minimum absolute atomic E-state index is 0.317. The highest BCUT2D eigenvalue weighted by molar-refractivity contribution is 4.90. The summed E-state index contributed by atoms with van der Waals surface area (Å²) in [6.45, 7) is 7.71. The van der Waals surface area contributed by atoms with Crippen molar-refractivity contribution in [2.75, 3.05) is 6.54 Å². The molecule has 1 fully saturated rings. The van der Waals surface area contributed by atoms with Crippen molar-refractivity contribution >= 4 is 0 Å². The van der Waals surface area contributed by atoms with Gasteiger partial charge < -0.3 is 10.4 Å². The van der Waals surface area contributed by atoms with Crippen LogP contribution in [0.25, 0.3) is 0 Å². The third kappa shape index (κ3) is 3.76. The second kappa shape index (κ2) is 6.01. The Bertz CT molecular complexity index is 404. The molecule has 1 aromatic heterocycles. The van der Waals surface area contributed by atoms with Crippen molar-refractivity contribution in [3.63, 3.8) is 0 Å². The maximum Gasteiger partial charge on any atom is 0.141 e. The molecule has 1 heterocycles. The number of hydrogen-bond acceptors (Lipinski definition) is 4. The lowest BCUT2D eigenvalue weighted by molar-refractivity contribution is -0.0121. The van der Waals surface area contributed by atoms with Crippen LogP contribution in [-0.4, -0.2) is 32.0 Å². The fourth-order valence-electron chi connectivity index (χ4n) is 3.03. The quantitative estimate of drug-likeness (QED) is 0.854. The molecule has 2 unspecified atom stereocenters. The molecule has 5 nitrogen and oxygen atoms in total. The van der Waals surface area contributed by atoms with Crippen molar-refractivity contribution in [2.24, 2.45) is 5.92 Å². The molecular weight excluding hydrogens is 240 g/mol. The van der Waals surface area contributed by atoms with E-state index in [9.17, 15) is 5.11 Å². The molecular formula is C14H26N4O. The van der Waals surface area contributed by atoms with Crippen molar-refractivity contribution in [3.05, 3.63) is 12.2 Å². The SMILES string of the molecule is CC1CCCC(O)(CNCc2ncnn2C(C)C)C1. The van der Waals surface area contributed by atoms with Gasteiger partial charge >= 0.3 is 0 Å². The molecule has 0 bridgehead atoms. The zero-order valence-corrected chi connectivity index (χ0v) is 12.3. The van der Waals surface area contributed by atoms with Crippen LogP contribution in [0.4, 0.5) is 0 Å². The third-order valence-corrected chi connectivity index (χ3v) is 3.94. The molecule has 1 aliphatic rings. The number of aliphatic hydroxyl groups is 1. The first kappa shape index (κ1) is 14.5. The van der Waals surface area contributed by atoms with Crippen molar-refractivity contribution < 1.29 is 5.11 Å². The highest BCUT2D eigenvalue weighted by Gasteiger charge is 2.32. The van der Waals surface area contributed by atoms with E-state index in [-0.39, 0.29) is 0 Å². The Morgan fingerprint density at radius 1 is 1.58 bits per heavy atom. The average molecular weight is 266 g/mol. The summed E-state index contributed by atoms with van der Waals surface area (Å²) in [7, 11) is 0. The first-order chi connectivity index (χ1) is 9.00. The zero-order chi connectivity index (χ0) is 13.9. The molecule has 2 rings (SSSR count). The van der Waals surface area contributed by atoms with Gasteiger partial charge in [0.25, 0.3) is 0 Å². The summed E-state index contributed by atoms with van der Waals surface area (Å²) >= 11 is 0. The predicted octanol–water partition coefficient (Wildman–Crippen LogP) is 1.89. The van der Waals surface area contributed by atoms with E-state index in [1.165, 1.54) is 6.42 Å². The minimum Gasteiger partial charge on any atom is -0.389 e. The molecule has 0 aliphatic heterocycles. The molecule has 5 heteroatoms. The lowest BCUT2D eigenvalue weighted by atomic mass is 9.79. The normalized spacial score (nSPS) is 27.9. The van der Waals surface area contributed by atoms with E-state index in [1.807, 2.05) is 4.68 Å². The summed E-state index contributed by atoms with van der Waals surface area (Å²) in [5.74, 6) is 1.56. The van der Waals surface area contributed by atoms with Gasteiger partial charge in [0.05, 0.1) is 12.1 Å². The van der Waals surface area contributed by atoms with Crippen LogP contribution >= 0.6 is 0 Å². The Balaban J connectivity index is 1.84. The van der Waals surface area contributed by atoms with Crippen molar-refractivity contribution in [3.8, 4) is 0 Å². The number of nitrogens with one attached hydrogen (secondary N) is 1. The lowest BCUT2D eigenvalue weighted by Gasteiger charge is -2.35. The minimum atomic E-state index is -0.541. The molecule has 19 heavy (non-hydrogen) atoms. The fraction of sp³-hybridized carbons (Fsp3) is 0.857. The summed E-state index contributed by atoms with van der Waals surface area (Å²) in [6.07, 6.45) is 5.76. The summed E-state index contributed by atoms with van der Waals surface area (Å²) in [5.41, 5.74) is -0.541. The summed E-state index contributed by atoms with van der Waals surface area (Å²) in [6, 6.07) is 0.317. The smallest absolute Gasteiger partial charge is 0.141 e. The highest BCUT2D eigenvalue weighted by Crippen LogP contribution is 2.31. The number of aromatic nitrogens is 3. The molecule has 1 aliphatic carbocycles. The maximum absolute atomic E-state index is 10.5. The Morgan fingerprint density at radius 3 is 3.05 bits per heavy atom. The van der Waals surface area contributed by atoms with E-state index in [2.05, 4.69) is 36.2 Å². The molecule has 0 radical (unpaired) electrons. The van der Waals surface area contributed by atoms with Gasteiger partial charge in [-0.1, -0.05) is 19.8 Å². The molecule has 1 aromatic rings. The predicted molar refractivity (Wildman–Crippen MR) is 74.7 cm³/mol. The molecule has 2 N–H and O–H groups in total. The number of rotatable bonds is 5. The van der Waals surface area contributed by atoms with Crippen LogP contribution < -0.4 is 5.32 Å². The van der Waals surface area contributed by atoms with Crippen LogP contribution in [0.15, 0.2) is 6.33 Å². The van der Waals surface area contributed by atoms with E-state index in [0.29, 0.717) is 25.0 Å². The fourth-order valence-corrected chi connectivity index (χ4v) is 3.03. The Morgan fingerprint density at radius 2 is 2.37 bits per heavy atom. The molecule has 0 aromatic carbocycles. The monoisotopic (exact) mass is 266 g/mol. The summed E-state index contributed by atoms with van der Waals surface area (Å²) < 4.78 is 1.92. The summed E-state index contributed by atoms with van der Waals surface area (Å²) in [4.78, 5) is 4.27. The van der Waals surface area contributed by atoms with Crippen molar-refractivity contribution in [1.82, 2.24) is 20.1 Å². The van der Waals surface area contributed by atoms with E-state index in [4.69, 9.17) is 0 Å². The number of nitrogens with zero attached hydrogens (tertiary/aromatic N) is 3. The summed E-state index contributed by atoms with van der Waals surface area (Å²) in [5, 5.41) is 18.1. The van der Waals surface area contributed by atoms with Crippen LogP contribution in [0, 0.1) is 5.92 Å². The van der Waals surface area contributed by atoms with Crippen LogP contribution in [0.1, 0.15) is 58.3 Å². The topological polar surface area (TPSA) is 63.0 Å². The first-order valence-corrected chi connectivity index (χ1v) is 7.32. The van der Waals surface area contributed by atoms with Crippen molar-refractivity contribution in [2.45, 2.75) is 64.6 Å². The molecule has 0 amide bonds. The molecule has 2 atom stereocenters. The van der Waals surface area contributed by atoms with Gasteiger partial charge in [0.15, 0.2) is 0 Å². The van der Waals surface area contributed by atoms with Gasteiger partial charge in [0, 0.05) is 12.6 Å². The average Bonchev–Trinajstić information content (AvgIpc) is 2.76. The second-order valence-corrected chi connectivity index (χ2v) is 6.24. The van der Waals surface area contributed by atoms with Gasteiger partial charge in [0.2, 0.25) is 0 Å². The van der Waals surface area contributed by atoms with E-state index >= 15 is 0 Å². The van der Waals surface area contributed by atoms with Gasteiger partial charge in [-0.25, -0.2) is 9.67 Å². The van der Waals surface area contributed by atoms with Crippen molar-refractivity contribution in [1.29, 1.82) is 0 Å². The molecule has 108 valence electrons. The van der Waals surface area contributed by atoms with Gasteiger partial charge in [-0.15, -0.1) is 0 Å². The molecule has 0 saturated heterocycles. The van der Waals surface area contributed by atoms with Crippen LogP contribution in [0.5, 0.6) is 0 Å². The molecule has 0 spiro atoms. The first-order valence-electron chi connectivity index (χ1n) is 7.32. The van der Waals surface area contributed by atoms with Gasteiger partial charge in [0.1, 0.15) is 12.2 Å². The van der Waals surface area contributed by atoms with E-state index in [1.54, 1.807) is 6.33 Å². The van der Waals surface area contributed by atoms with Gasteiger partial charge in [-0.3, -0.25) is 0 Å². The van der Waals surface area contributed by atoms with Crippen LogP contribution in [-0.2, 0) is 6.54 Å². The van der Waals surface area contributed by atoms with Gasteiger partial charge in [-0.05, 0) is 32.6 Å². The van der Waals surface area contributed by atoms with Gasteiger partial charge in [-0.2, -0.15) is 5.10 Å². The second-order valence-electron chi connectivity index (χ2n) is 6.24. The standard InChI is InChI=1S/C14H26N4O/c1-11(2)18-13(16-10-17-18)8-15-9-14(19)6-4-5-12(3)7-14/h10-12,15,19H,4-9H2,1-3H3. The lowest BCUT2D eigenvalue weighted by Crippen LogP contribution is -2.44. The number of hydrogen-bond donors (Lipinski definition) is 2. The Kier molecular flexibility index (Phi) is 4.58. The van der Waals surface area contributed by atoms with E-state index < -0.39 is 5.60 Å². The largest absolute Gasteiger partial charge is 0.389 e. The van der Waals surface area contributed by atoms with Crippen LogP contribution in [0.3, 0.4) is 0 Å². The third-order valence-electron chi connectivity index (χ3n) is 3.94. The van der Waals surface area contributed by atoms with E-state index in [0.717, 1.165) is 25.1 Å². The zero-order valence-electron chi connectivity index (χ0n) is 12.3. The maximum atomic E-state index is 10.5. The van der Waals surface area contributed by atoms with Crippen LogP contribution in [0.2, 0.25) is 0 Å². The Hall–Kier alpha value is -0.940. The Labute approximate surface area is 115 Å².